The van der Waals surface area contributed by atoms with Crippen molar-refractivity contribution in [1.82, 2.24) is 9.80 Å². The highest BCUT2D eigenvalue weighted by atomic mass is 16.6. The molecular formula is C14H24N2O3. The molecular weight excluding hydrogens is 244 g/mol. The Morgan fingerprint density at radius 1 is 1.21 bits per heavy atom. The van der Waals surface area contributed by atoms with Crippen molar-refractivity contribution in [3.05, 3.63) is 0 Å². The van der Waals surface area contributed by atoms with Crippen molar-refractivity contribution in [3.63, 3.8) is 0 Å². The molecule has 2 aliphatic rings. The molecule has 19 heavy (non-hydrogen) atoms. The van der Waals surface area contributed by atoms with Crippen LogP contribution in [-0.2, 0) is 9.53 Å². The number of ether oxygens (including phenoxy) is 1. The molecule has 0 N–H and O–H groups in total. The largest absolute Gasteiger partial charge is 0.444 e. The quantitative estimate of drug-likeness (QED) is 0.731. The van der Waals surface area contributed by atoms with Crippen LogP contribution in [0.4, 0.5) is 4.79 Å². The number of carbonyl (C=O) groups is 2. The highest BCUT2D eigenvalue weighted by molar-refractivity contribution is 5.78. The summed E-state index contributed by atoms with van der Waals surface area (Å²) in [4.78, 5) is 27.4. The number of piperidine rings is 1. The summed E-state index contributed by atoms with van der Waals surface area (Å²) in [5, 5.41) is 0. The molecule has 2 rings (SSSR count). The van der Waals surface area contributed by atoms with E-state index in [9.17, 15) is 9.59 Å². The molecule has 0 radical (unpaired) electrons. The molecule has 0 bridgehead atoms. The second kappa shape index (κ2) is 5.39. The van der Waals surface area contributed by atoms with Crippen molar-refractivity contribution in [3.8, 4) is 0 Å². The normalized spacial score (nSPS) is 21.9. The molecule has 0 unspecified atom stereocenters. The van der Waals surface area contributed by atoms with Gasteiger partial charge in [-0.15, -0.1) is 0 Å². The second-order valence-electron chi connectivity index (χ2n) is 6.39. The number of likely N-dealkylation sites (tertiary alicyclic amines) is 2. The van der Waals surface area contributed by atoms with E-state index < -0.39 is 5.60 Å². The minimum absolute atomic E-state index is 0.237. The number of nitrogens with zero attached hydrogens (tertiary/aromatic N) is 2. The first kappa shape index (κ1) is 14.2. The highest BCUT2D eigenvalue weighted by Gasteiger charge is 2.33. The maximum Gasteiger partial charge on any atom is 0.410 e. The molecule has 108 valence electrons. The van der Waals surface area contributed by atoms with Crippen LogP contribution in [0.2, 0.25) is 0 Å². The van der Waals surface area contributed by atoms with Crippen molar-refractivity contribution in [2.24, 2.45) is 0 Å². The van der Waals surface area contributed by atoms with Gasteiger partial charge in [0.1, 0.15) is 5.60 Å². The molecule has 0 spiro atoms. The Kier molecular flexibility index (Phi) is 4.02. The molecule has 0 aromatic heterocycles. The van der Waals surface area contributed by atoms with E-state index in [2.05, 4.69) is 0 Å². The van der Waals surface area contributed by atoms with Crippen LogP contribution in [0.5, 0.6) is 0 Å². The predicted octanol–water partition coefficient (Wildman–Crippen LogP) is 2.01. The Labute approximate surface area is 114 Å². The fraction of sp³-hybridized carbons (Fsp3) is 0.857. The Bertz CT molecular complexity index is 354. The standard InChI is InChI=1S/C14H24N2O3/c1-14(2,3)19-13(18)15-9-6-11(7-10-15)16-8-4-5-12(16)17/h11H,4-10H2,1-3H3. The summed E-state index contributed by atoms with van der Waals surface area (Å²) in [6, 6.07) is 0.314. The Morgan fingerprint density at radius 2 is 1.84 bits per heavy atom. The SMILES string of the molecule is CC(C)(C)OC(=O)N1CCC(N2CCCC2=O)CC1. The highest BCUT2D eigenvalue weighted by Crippen LogP contribution is 2.23. The molecule has 2 saturated heterocycles. The molecule has 0 aromatic rings. The number of carbonyl (C=O) groups excluding carboxylic acids is 2. The Hall–Kier alpha value is -1.26. The van der Waals surface area contributed by atoms with Crippen molar-refractivity contribution >= 4 is 12.0 Å². The summed E-state index contributed by atoms with van der Waals surface area (Å²) in [7, 11) is 0. The van der Waals surface area contributed by atoms with E-state index in [4.69, 9.17) is 4.74 Å². The third-order valence-corrected chi connectivity index (χ3v) is 3.67. The van der Waals surface area contributed by atoms with E-state index in [-0.39, 0.29) is 12.0 Å². The lowest BCUT2D eigenvalue weighted by atomic mass is 10.0. The van der Waals surface area contributed by atoms with Gasteiger partial charge in [-0.3, -0.25) is 4.79 Å². The third kappa shape index (κ3) is 3.61. The predicted molar refractivity (Wildman–Crippen MR) is 71.8 cm³/mol. The Morgan fingerprint density at radius 3 is 2.32 bits per heavy atom. The first-order chi connectivity index (χ1) is 8.87. The van der Waals surface area contributed by atoms with Gasteiger partial charge >= 0.3 is 6.09 Å². The summed E-state index contributed by atoms with van der Waals surface area (Å²) in [5.41, 5.74) is -0.446. The van der Waals surface area contributed by atoms with Crippen LogP contribution in [0.25, 0.3) is 0 Å². The first-order valence-corrected chi connectivity index (χ1v) is 7.14. The minimum atomic E-state index is -0.446. The van der Waals surface area contributed by atoms with Crippen molar-refractivity contribution in [2.45, 2.75) is 58.1 Å². The maximum absolute atomic E-state index is 11.9. The van der Waals surface area contributed by atoms with E-state index in [0.29, 0.717) is 25.6 Å². The molecule has 0 atom stereocenters. The summed E-state index contributed by atoms with van der Waals surface area (Å²) < 4.78 is 5.37. The van der Waals surface area contributed by atoms with Crippen LogP contribution in [-0.4, -0.2) is 53.1 Å². The van der Waals surface area contributed by atoms with Gasteiger partial charge in [0.05, 0.1) is 0 Å². The van der Waals surface area contributed by atoms with Crippen molar-refractivity contribution in [1.29, 1.82) is 0 Å². The molecule has 0 aliphatic carbocycles. The van der Waals surface area contributed by atoms with E-state index in [1.807, 2.05) is 25.7 Å². The average Bonchev–Trinajstić information content (AvgIpc) is 2.73. The number of rotatable bonds is 1. The Balaban J connectivity index is 1.82. The monoisotopic (exact) mass is 268 g/mol. The van der Waals surface area contributed by atoms with E-state index in [1.165, 1.54) is 0 Å². The molecule has 5 heteroatoms. The van der Waals surface area contributed by atoms with Gasteiger partial charge in [0.2, 0.25) is 5.91 Å². The van der Waals surface area contributed by atoms with Crippen LogP contribution >= 0.6 is 0 Å². The van der Waals surface area contributed by atoms with Gasteiger partial charge in [-0.1, -0.05) is 0 Å². The van der Waals surface area contributed by atoms with Crippen LogP contribution < -0.4 is 0 Å². The smallest absolute Gasteiger partial charge is 0.410 e. The second-order valence-corrected chi connectivity index (χ2v) is 6.39. The lowest BCUT2D eigenvalue weighted by molar-refractivity contribution is -0.130. The maximum atomic E-state index is 11.9. The van der Waals surface area contributed by atoms with Crippen LogP contribution in [0, 0.1) is 0 Å². The first-order valence-electron chi connectivity index (χ1n) is 7.14. The summed E-state index contributed by atoms with van der Waals surface area (Å²) in [5.74, 6) is 0.274. The van der Waals surface area contributed by atoms with Gasteiger partial charge in [0.15, 0.2) is 0 Å². The molecule has 0 saturated carbocycles. The van der Waals surface area contributed by atoms with Crippen LogP contribution in [0.15, 0.2) is 0 Å². The van der Waals surface area contributed by atoms with Crippen LogP contribution in [0.3, 0.4) is 0 Å². The fourth-order valence-electron chi connectivity index (χ4n) is 2.74. The molecule has 2 heterocycles. The van der Waals surface area contributed by atoms with Gasteiger partial charge in [-0.2, -0.15) is 0 Å². The molecule has 5 nitrogen and oxygen atoms in total. The number of hydrogen-bond donors (Lipinski definition) is 0. The van der Waals surface area contributed by atoms with E-state index in [0.717, 1.165) is 25.8 Å². The lowest BCUT2D eigenvalue weighted by Crippen LogP contribution is -2.48. The van der Waals surface area contributed by atoms with Gasteiger partial charge < -0.3 is 14.5 Å². The minimum Gasteiger partial charge on any atom is -0.444 e. The molecule has 2 aliphatic heterocycles. The van der Waals surface area contributed by atoms with Crippen molar-refractivity contribution in [2.75, 3.05) is 19.6 Å². The molecule has 0 aromatic carbocycles. The zero-order chi connectivity index (χ0) is 14.0. The third-order valence-electron chi connectivity index (χ3n) is 3.67. The van der Waals surface area contributed by atoms with Gasteiger partial charge in [0, 0.05) is 32.1 Å². The summed E-state index contributed by atoms with van der Waals surface area (Å²) in [6.45, 7) is 7.88. The topological polar surface area (TPSA) is 49.9 Å². The van der Waals surface area contributed by atoms with Gasteiger partial charge in [0.25, 0.3) is 0 Å². The zero-order valence-corrected chi connectivity index (χ0v) is 12.1. The van der Waals surface area contributed by atoms with E-state index in [1.54, 1.807) is 4.90 Å². The summed E-state index contributed by atoms with van der Waals surface area (Å²) >= 11 is 0. The van der Waals surface area contributed by atoms with Crippen LogP contribution in [0.1, 0.15) is 46.5 Å². The molecule has 2 fully saturated rings. The van der Waals surface area contributed by atoms with Gasteiger partial charge in [-0.05, 0) is 40.0 Å². The van der Waals surface area contributed by atoms with E-state index >= 15 is 0 Å². The van der Waals surface area contributed by atoms with Gasteiger partial charge in [-0.25, -0.2) is 4.79 Å². The fourth-order valence-corrected chi connectivity index (χ4v) is 2.74. The summed E-state index contributed by atoms with van der Waals surface area (Å²) in [6.07, 6.45) is 3.16. The lowest BCUT2D eigenvalue weighted by Gasteiger charge is -2.37. The zero-order valence-electron chi connectivity index (χ0n) is 12.1. The average molecular weight is 268 g/mol. The number of hydrogen-bond acceptors (Lipinski definition) is 3. The van der Waals surface area contributed by atoms with Crippen molar-refractivity contribution < 1.29 is 14.3 Å². The number of amides is 2. The molecule has 2 amide bonds.